The van der Waals surface area contributed by atoms with Crippen molar-refractivity contribution < 1.29 is 0 Å². The van der Waals surface area contributed by atoms with E-state index in [1.807, 2.05) is 6.07 Å². The number of nitrogen functional groups attached to an aromatic ring is 1. The van der Waals surface area contributed by atoms with Gasteiger partial charge >= 0.3 is 0 Å². The normalized spacial score (nSPS) is 9.20. The average Bonchev–Trinajstić information content (AvgIpc) is 1.88. The lowest BCUT2D eigenvalue weighted by Crippen LogP contribution is -1.96. The van der Waals surface area contributed by atoms with Crippen LogP contribution in [-0.2, 0) is 6.42 Å². The Bertz CT molecular complexity index is 232. The standard InChI is InChI=1S/C7H9N3/c1-2-3-6-4-5-9-7(8)10-6/h2,4-5H,1,3H2,(H2,8,9,10). The molecule has 1 aromatic rings. The SMILES string of the molecule is C=CCc1ccnc(N)n1. The van der Waals surface area contributed by atoms with Gasteiger partial charge in [-0.1, -0.05) is 6.08 Å². The summed E-state index contributed by atoms with van der Waals surface area (Å²) in [5, 5.41) is 0. The van der Waals surface area contributed by atoms with Crippen molar-refractivity contribution in [3.63, 3.8) is 0 Å². The lowest BCUT2D eigenvalue weighted by molar-refractivity contribution is 1.06. The second kappa shape index (κ2) is 2.96. The zero-order valence-corrected chi connectivity index (χ0v) is 5.62. The number of rotatable bonds is 2. The maximum Gasteiger partial charge on any atom is 0.220 e. The molecule has 0 aliphatic carbocycles. The summed E-state index contributed by atoms with van der Waals surface area (Å²) in [6.07, 6.45) is 4.16. The number of hydrogen-bond acceptors (Lipinski definition) is 3. The number of hydrogen-bond donors (Lipinski definition) is 1. The van der Waals surface area contributed by atoms with Gasteiger partial charge in [-0.15, -0.1) is 6.58 Å². The second-order valence-corrected chi connectivity index (χ2v) is 1.90. The quantitative estimate of drug-likeness (QED) is 0.610. The Morgan fingerprint density at radius 3 is 3.10 bits per heavy atom. The Kier molecular flexibility index (Phi) is 1.99. The van der Waals surface area contributed by atoms with Crippen LogP contribution in [0, 0.1) is 0 Å². The molecule has 2 N–H and O–H groups in total. The van der Waals surface area contributed by atoms with Gasteiger partial charge in [-0.3, -0.25) is 0 Å². The molecule has 0 aliphatic rings. The van der Waals surface area contributed by atoms with E-state index in [2.05, 4.69) is 16.5 Å². The lowest BCUT2D eigenvalue weighted by atomic mass is 10.3. The topological polar surface area (TPSA) is 51.8 Å². The van der Waals surface area contributed by atoms with Gasteiger partial charge < -0.3 is 5.73 Å². The molecule has 52 valence electrons. The number of nitrogens with zero attached hydrogens (tertiary/aromatic N) is 2. The smallest absolute Gasteiger partial charge is 0.220 e. The van der Waals surface area contributed by atoms with E-state index in [1.165, 1.54) is 0 Å². The molecule has 0 radical (unpaired) electrons. The zero-order chi connectivity index (χ0) is 7.40. The summed E-state index contributed by atoms with van der Waals surface area (Å²) in [7, 11) is 0. The van der Waals surface area contributed by atoms with Gasteiger partial charge in [0.1, 0.15) is 0 Å². The van der Waals surface area contributed by atoms with Crippen LogP contribution in [0.3, 0.4) is 0 Å². The van der Waals surface area contributed by atoms with Crippen LogP contribution in [0.25, 0.3) is 0 Å². The summed E-state index contributed by atoms with van der Waals surface area (Å²) in [4.78, 5) is 7.71. The molecule has 0 bridgehead atoms. The van der Waals surface area contributed by atoms with Crippen LogP contribution in [0.4, 0.5) is 5.95 Å². The molecule has 0 fully saturated rings. The third-order valence-corrected chi connectivity index (χ3v) is 1.09. The summed E-state index contributed by atoms with van der Waals surface area (Å²) >= 11 is 0. The van der Waals surface area contributed by atoms with Crippen LogP contribution in [0.15, 0.2) is 24.9 Å². The average molecular weight is 135 g/mol. The van der Waals surface area contributed by atoms with E-state index in [0.29, 0.717) is 5.95 Å². The van der Waals surface area contributed by atoms with Crippen LogP contribution in [-0.4, -0.2) is 9.97 Å². The van der Waals surface area contributed by atoms with Crippen molar-refractivity contribution in [3.05, 3.63) is 30.6 Å². The summed E-state index contributed by atoms with van der Waals surface area (Å²) in [6.45, 7) is 3.58. The van der Waals surface area contributed by atoms with E-state index in [9.17, 15) is 0 Å². The number of nitrogens with two attached hydrogens (primary N) is 1. The Morgan fingerprint density at radius 1 is 1.70 bits per heavy atom. The Morgan fingerprint density at radius 2 is 2.50 bits per heavy atom. The van der Waals surface area contributed by atoms with E-state index >= 15 is 0 Å². The van der Waals surface area contributed by atoms with E-state index in [0.717, 1.165) is 12.1 Å². The molecule has 1 aromatic heterocycles. The van der Waals surface area contributed by atoms with Gasteiger partial charge in [0, 0.05) is 18.3 Å². The Hall–Kier alpha value is -1.38. The summed E-state index contributed by atoms with van der Waals surface area (Å²) in [5.41, 5.74) is 6.24. The third kappa shape index (κ3) is 1.55. The zero-order valence-electron chi connectivity index (χ0n) is 5.62. The highest BCUT2D eigenvalue weighted by atomic mass is 15.0. The van der Waals surface area contributed by atoms with Crippen molar-refractivity contribution in [2.75, 3.05) is 5.73 Å². The van der Waals surface area contributed by atoms with Crippen molar-refractivity contribution in [1.29, 1.82) is 0 Å². The predicted molar refractivity (Wildman–Crippen MR) is 40.3 cm³/mol. The Balaban J connectivity index is 2.84. The number of aromatic nitrogens is 2. The molecule has 0 aliphatic heterocycles. The maximum atomic E-state index is 5.33. The first kappa shape index (κ1) is 6.74. The highest BCUT2D eigenvalue weighted by Gasteiger charge is 1.90. The van der Waals surface area contributed by atoms with Gasteiger partial charge in [0.15, 0.2) is 0 Å². The molecule has 0 saturated carbocycles. The molecule has 0 spiro atoms. The van der Waals surface area contributed by atoms with Gasteiger partial charge in [0.25, 0.3) is 0 Å². The first-order valence-electron chi connectivity index (χ1n) is 3.01. The van der Waals surface area contributed by atoms with Crippen LogP contribution in [0.2, 0.25) is 0 Å². The minimum absolute atomic E-state index is 0.319. The van der Waals surface area contributed by atoms with Crippen LogP contribution < -0.4 is 5.73 Å². The number of allylic oxidation sites excluding steroid dienone is 1. The van der Waals surface area contributed by atoms with Crippen molar-refractivity contribution >= 4 is 5.95 Å². The van der Waals surface area contributed by atoms with E-state index < -0.39 is 0 Å². The highest BCUT2D eigenvalue weighted by Crippen LogP contribution is 1.96. The van der Waals surface area contributed by atoms with Crippen molar-refractivity contribution in [2.24, 2.45) is 0 Å². The third-order valence-electron chi connectivity index (χ3n) is 1.09. The molecule has 0 amide bonds. The van der Waals surface area contributed by atoms with Crippen LogP contribution in [0.1, 0.15) is 5.69 Å². The van der Waals surface area contributed by atoms with E-state index in [4.69, 9.17) is 5.73 Å². The molecule has 10 heavy (non-hydrogen) atoms. The van der Waals surface area contributed by atoms with Crippen molar-refractivity contribution in [2.45, 2.75) is 6.42 Å². The van der Waals surface area contributed by atoms with Gasteiger partial charge in [-0.05, 0) is 6.07 Å². The minimum atomic E-state index is 0.319. The fourth-order valence-corrected chi connectivity index (χ4v) is 0.675. The minimum Gasteiger partial charge on any atom is -0.368 e. The van der Waals surface area contributed by atoms with Gasteiger partial charge in [-0.2, -0.15) is 0 Å². The molecular weight excluding hydrogens is 126 g/mol. The van der Waals surface area contributed by atoms with E-state index in [1.54, 1.807) is 12.3 Å². The molecular formula is C7H9N3. The molecule has 0 aromatic carbocycles. The molecule has 1 rings (SSSR count). The summed E-state index contributed by atoms with van der Waals surface area (Å²) < 4.78 is 0. The molecule has 0 unspecified atom stereocenters. The molecule has 3 heteroatoms. The van der Waals surface area contributed by atoms with Crippen LogP contribution >= 0.6 is 0 Å². The van der Waals surface area contributed by atoms with Gasteiger partial charge in [0.2, 0.25) is 5.95 Å². The molecule has 3 nitrogen and oxygen atoms in total. The van der Waals surface area contributed by atoms with Crippen LogP contribution in [0.5, 0.6) is 0 Å². The largest absolute Gasteiger partial charge is 0.368 e. The Labute approximate surface area is 59.6 Å². The maximum absolute atomic E-state index is 5.33. The summed E-state index contributed by atoms with van der Waals surface area (Å²) in [6, 6.07) is 1.82. The first-order valence-corrected chi connectivity index (χ1v) is 3.01. The van der Waals surface area contributed by atoms with Crippen molar-refractivity contribution in [1.82, 2.24) is 9.97 Å². The fourth-order valence-electron chi connectivity index (χ4n) is 0.675. The monoisotopic (exact) mass is 135 g/mol. The van der Waals surface area contributed by atoms with Gasteiger partial charge in [0.05, 0.1) is 0 Å². The fraction of sp³-hybridized carbons (Fsp3) is 0.143. The van der Waals surface area contributed by atoms with E-state index in [-0.39, 0.29) is 0 Å². The lowest BCUT2D eigenvalue weighted by Gasteiger charge is -1.94. The first-order chi connectivity index (χ1) is 4.83. The second-order valence-electron chi connectivity index (χ2n) is 1.90. The highest BCUT2D eigenvalue weighted by molar-refractivity contribution is 5.18. The predicted octanol–water partition coefficient (Wildman–Crippen LogP) is 0.787. The number of anilines is 1. The molecule has 0 saturated heterocycles. The van der Waals surface area contributed by atoms with Gasteiger partial charge in [-0.25, -0.2) is 9.97 Å². The van der Waals surface area contributed by atoms with Crippen molar-refractivity contribution in [3.8, 4) is 0 Å². The molecule has 1 heterocycles. The molecule has 0 atom stereocenters. The summed E-state index contributed by atoms with van der Waals surface area (Å²) in [5.74, 6) is 0.319.